The lowest BCUT2D eigenvalue weighted by molar-refractivity contribution is 0.273. The Morgan fingerprint density at radius 2 is 1.57 bits per heavy atom. The van der Waals surface area contributed by atoms with Crippen LogP contribution in [0.5, 0.6) is 0 Å². The maximum Gasteiger partial charge on any atom is 0.137 e. The third-order valence-corrected chi connectivity index (χ3v) is 5.29. The summed E-state index contributed by atoms with van der Waals surface area (Å²) in [6.45, 7) is 6.47. The quantitative estimate of drug-likeness (QED) is 0.575. The molecule has 0 aromatic heterocycles. The highest BCUT2D eigenvalue weighted by atomic mass is 35.5. The Labute approximate surface area is 171 Å². The highest BCUT2D eigenvalue weighted by Crippen LogP contribution is 2.25. The highest BCUT2D eigenvalue weighted by molar-refractivity contribution is 6.31. The predicted octanol–water partition coefficient (Wildman–Crippen LogP) is 5.64. The van der Waals surface area contributed by atoms with Crippen LogP contribution in [0.3, 0.4) is 0 Å². The van der Waals surface area contributed by atoms with Crippen LogP contribution in [0.4, 0.5) is 5.69 Å². The standard InChI is InChI=1S/C24H24ClN3/c1-18-12-19(2)14-22(13-18)28-17-27(15-21-10-6-7-11-23(21)25)16-26-24(28)20-8-4-3-5-9-20/h3-14H,15-17H2,1-2H3. The van der Waals surface area contributed by atoms with E-state index in [1.165, 1.54) is 16.8 Å². The Bertz CT molecular complexity index is 977. The molecule has 0 amide bonds. The second kappa shape index (κ2) is 8.17. The van der Waals surface area contributed by atoms with Crippen molar-refractivity contribution in [2.24, 2.45) is 4.99 Å². The monoisotopic (exact) mass is 389 g/mol. The van der Waals surface area contributed by atoms with Gasteiger partial charge in [-0.2, -0.15) is 0 Å². The number of rotatable bonds is 4. The van der Waals surface area contributed by atoms with Crippen molar-refractivity contribution in [2.75, 3.05) is 18.2 Å². The normalized spacial score (nSPS) is 14.8. The van der Waals surface area contributed by atoms with E-state index in [-0.39, 0.29) is 0 Å². The Balaban J connectivity index is 1.69. The van der Waals surface area contributed by atoms with E-state index in [9.17, 15) is 0 Å². The average molecular weight is 390 g/mol. The van der Waals surface area contributed by atoms with Gasteiger partial charge < -0.3 is 4.90 Å². The molecule has 0 radical (unpaired) electrons. The highest BCUT2D eigenvalue weighted by Gasteiger charge is 2.24. The molecular formula is C24H24ClN3. The van der Waals surface area contributed by atoms with Gasteiger partial charge in [0.15, 0.2) is 0 Å². The molecular weight excluding hydrogens is 366 g/mol. The molecule has 3 nitrogen and oxygen atoms in total. The van der Waals surface area contributed by atoms with Crippen LogP contribution < -0.4 is 4.90 Å². The number of halogens is 1. The third-order valence-electron chi connectivity index (χ3n) is 4.92. The molecule has 0 saturated heterocycles. The van der Waals surface area contributed by atoms with Crippen molar-refractivity contribution >= 4 is 23.1 Å². The maximum absolute atomic E-state index is 6.39. The van der Waals surface area contributed by atoms with Gasteiger partial charge >= 0.3 is 0 Å². The summed E-state index contributed by atoms with van der Waals surface area (Å²) in [5.74, 6) is 1.01. The van der Waals surface area contributed by atoms with Crippen molar-refractivity contribution in [3.8, 4) is 0 Å². The molecule has 1 aliphatic rings. The van der Waals surface area contributed by atoms with E-state index in [4.69, 9.17) is 16.6 Å². The Hall–Kier alpha value is -2.62. The largest absolute Gasteiger partial charge is 0.313 e. The summed E-state index contributed by atoms with van der Waals surface area (Å²) in [6, 6.07) is 25.1. The van der Waals surface area contributed by atoms with Gasteiger partial charge in [0.2, 0.25) is 0 Å². The van der Waals surface area contributed by atoms with Crippen LogP contribution in [0.1, 0.15) is 22.3 Å². The van der Waals surface area contributed by atoms with Gasteiger partial charge in [-0.1, -0.05) is 66.2 Å². The van der Waals surface area contributed by atoms with E-state index in [1.807, 2.05) is 24.3 Å². The second-order valence-corrected chi connectivity index (χ2v) is 7.73. The molecule has 1 aliphatic heterocycles. The first-order valence-electron chi connectivity index (χ1n) is 9.51. The van der Waals surface area contributed by atoms with Crippen LogP contribution >= 0.6 is 11.6 Å². The van der Waals surface area contributed by atoms with Gasteiger partial charge in [0.1, 0.15) is 5.84 Å². The molecule has 3 aromatic rings. The zero-order valence-corrected chi connectivity index (χ0v) is 17.0. The average Bonchev–Trinajstić information content (AvgIpc) is 2.70. The number of amidine groups is 1. The van der Waals surface area contributed by atoms with E-state index >= 15 is 0 Å². The van der Waals surface area contributed by atoms with Crippen LogP contribution in [0.15, 0.2) is 77.8 Å². The van der Waals surface area contributed by atoms with Gasteiger partial charge in [-0.3, -0.25) is 9.89 Å². The van der Waals surface area contributed by atoms with Crippen molar-refractivity contribution in [1.29, 1.82) is 0 Å². The summed E-state index contributed by atoms with van der Waals surface area (Å²) in [5.41, 5.74) is 5.95. The number of anilines is 1. The minimum atomic E-state index is 0.650. The van der Waals surface area contributed by atoms with Crippen LogP contribution in [0.2, 0.25) is 5.02 Å². The lowest BCUT2D eigenvalue weighted by Gasteiger charge is -2.37. The number of aryl methyl sites for hydroxylation is 2. The SMILES string of the molecule is Cc1cc(C)cc(N2CN(Cc3ccccc3Cl)CN=C2c2ccccc2)c1. The number of hydrogen-bond acceptors (Lipinski definition) is 3. The summed E-state index contributed by atoms with van der Waals surface area (Å²) in [6.07, 6.45) is 0. The van der Waals surface area contributed by atoms with Gasteiger partial charge in [0.25, 0.3) is 0 Å². The second-order valence-electron chi connectivity index (χ2n) is 7.32. The molecule has 0 spiro atoms. The van der Waals surface area contributed by atoms with E-state index in [1.54, 1.807) is 0 Å². The van der Waals surface area contributed by atoms with Crippen molar-refractivity contribution in [3.05, 3.63) is 100 Å². The molecule has 0 fully saturated rings. The lowest BCUT2D eigenvalue weighted by Crippen LogP contribution is -2.46. The molecule has 28 heavy (non-hydrogen) atoms. The Morgan fingerprint density at radius 1 is 0.893 bits per heavy atom. The molecule has 3 aromatic carbocycles. The maximum atomic E-state index is 6.39. The first-order chi connectivity index (χ1) is 13.6. The summed E-state index contributed by atoms with van der Waals surface area (Å²) in [4.78, 5) is 9.56. The topological polar surface area (TPSA) is 18.8 Å². The summed E-state index contributed by atoms with van der Waals surface area (Å²) in [5, 5.41) is 0.804. The molecule has 0 N–H and O–H groups in total. The minimum absolute atomic E-state index is 0.650. The fraction of sp³-hybridized carbons (Fsp3) is 0.208. The van der Waals surface area contributed by atoms with Gasteiger partial charge in [-0.25, -0.2) is 0 Å². The van der Waals surface area contributed by atoms with E-state index in [0.29, 0.717) is 6.67 Å². The third kappa shape index (κ3) is 4.11. The summed E-state index contributed by atoms with van der Waals surface area (Å²) < 4.78 is 0. The molecule has 4 heteroatoms. The number of hydrogen-bond donors (Lipinski definition) is 0. The van der Waals surface area contributed by atoms with E-state index in [0.717, 1.165) is 35.2 Å². The zero-order chi connectivity index (χ0) is 19.5. The smallest absolute Gasteiger partial charge is 0.137 e. The van der Waals surface area contributed by atoms with Gasteiger partial charge in [0, 0.05) is 22.8 Å². The number of nitrogens with zero attached hydrogens (tertiary/aromatic N) is 3. The van der Waals surface area contributed by atoms with Crippen LogP contribution in [0, 0.1) is 13.8 Å². The van der Waals surface area contributed by atoms with Crippen molar-refractivity contribution in [1.82, 2.24) is 4.90 Å². The first-order valence-corrected chi connectivity index (χ1v) is 9.89. The molecule has 0 unspecified atom stereocenters. The minimum Gasteiger partial charge on any atom is -0.313 e. The Kier molecular flexibility index (Phi) is 5.47. The number of benzene rings is 3. The fourth-order valence-corrected chi connectivity index (χ4v) is 3.87. The summed E-state index contributed by atoms with van der Waals surface area (Å²) >= 11 is 6.39. The number of aliphatic imine (C=N–C) groups is 1. The molecule has 0 saturated carbocycles. The molecule has 1 heterocycles. The van der Waals surface area contributed by atoms with Crippen LogP contribution in [-0.2, 0) is 6.54 Å². The fourth-order valence-electron chi connectivity index (χ4n) is 3.68. The first kappa shape index (κ1) is 18.7. The van der Waals surface area contributed by atoms with Gasteiger partial charge in [-0.05, 0) is 48.7 Å². The van der Waals surface area contributed by atoms with Gasteiger partial charge in [0.05, 0.1) is 13.3 Å². The Morgan fingerprint density at radius 3 is 2.29 bits per heavy atom. The van der Waals surface area contributed by atoms with Crippen LogP contribution in [0.25, 0.3) is 0 Å². The van der Waals surface area contributed by atoms with Crippen molar-refractivity contribution < 1.29 is 0 Å². The molecule has 4 rings (SSSR count). The van der Waals surface area contributed by atoms with E-state index in [2.05, 4.69) is 72.2 Å². The predicted molar refractivity (Wildman–Crippen MR) is 118 cm³/mol. The lowest BCUT2D eigenvalue weighted by atomic mass is 10.1. The van der Waals surface area contributed by atoms with Crippen LogP contribution in [-0.4, -0.2) is 24.1 Å². The molecule has 0 atom stereocenters. The zero-order valence-electron chi connectivity index (χ0n) is 16.3. The van der Waals surface area contributed by atoms with Crippen molar-refractivity contribution in [3.63, 3.8) is 0 Å². The van der Waals surface area contributed by atoms with Gasteiger partial charge in [-0.15, -0.1) is 0 Å². The van der Waals surface area contributed by atoms with E-state index < -0.39 is 0 Å². The van der Waals surface area contributed by atoms with Crippen molar-refractivity contribution in [2.45, 2.75) is 20.4 Å². The molecule has 142 valence electrons. The molecule has 0 aliphatic carbocycles. The molecule has 0 bridgehead atoms. The summed E-state index contributed by atoms with van der Waals surface area (Å²) in [7, 11) is 0.